The first-order chi connectivity index (χ1) is 7.68. The Balaban J connectivity index is -0.000000853. The molecule has 17 heavy (non-hydrogen) atoms. The van der Waals surface area contributed by atoms with Crippen LogP contribution in [0.1, 0.15) is 14.8 Å². The third-order valence-corrected chi connectivity index (χ3v) is 1.75. The Morgan fingerprint density at radius 3 is 2.53 bits per heavy atom. The summed E-state index contributed by atoms with van der Waals surface area (Å²) in [6.07, 6.45) is 2.86. The van der Waals surface area contributed by atoms with Gasteiger partial charge in [-0.25, -0.2) is 0 Å². The monoisotopic (exact) mass is 246 g/mol. The van der Waals surface area contributed by atoms with Crippen LogP contribution in [0.4, 0.5) is 0 Å². The number of carbonyl (C=O) groups is 2. The molecule has 0 fully saturated rings. The summed E-state index contributed by atoms with van der Waals surface area (Å²) < 4.78 is 4.67. The molecular weight excluding hydrogens is 232 g/mol. The molecule has 0 amide bonds. The summed E-state index contributed by atoms with van der Waals surface area (Å²) in [5, 5.41) is 8.30. The molecule has 0 aromatic heterocycles. The molecule has 88 valence electrons. The first-order valence-corrected chi connectivity index (χ1v) is 4.77. The van der Waals surface area contributed by atoms with E-state index >= 15 is 0 Å². The summed E-state index contributed by atoms with van der Waals surface area (Å²) in [5.74, 6) is -1.91. The molecule has 0 atom stereocenters. The van der Waals surface area contributed by atoms with E-state index in [1.165, 1.54) is 0 Å². The fourth-order valence-corrected chi connectivity index (χ4v) is 1.06. The molecule has 1 N–H and O–H groups in total. The van der Waals surface area contributed by atoms with Crippen LogP contribution < -0.4 is 0 Å². The fourth-order valence-electron chi connectivity index (χ4n) is 1.06. The van der Waals surface area contributed by atoms with Crippen molar-refractivity contribution >= 4 is 41.1 Å². The molecule has 0 unspecified atom stereocenters. The van der Waals surface area contributed by atoms with Crippen molar-refractivity contribution < 1.29 is 22.3 Å². The molecule has 0 aliphatic heterocycles. The van der Waals surface area contributed by atoms with Gasteiger partial charge < -0.3 is 12.7 Å². The molecule has 0 radical (unpaired) electrons. The van der Waals surface area contributed by atoms with Gasteiger partial charge in [0.05, 0.1) is 0 Å². The summed E-state index contributed by atoms with van der Waals surface area (Å²) >= 11 is 0. The second-order valence-electron chi connectivity index (χ2n) is 3.07. The molecule has 0 bridgehead atoms. The van der Waals surface area contributed by atoms with E-state index in [0.29, 0.717) is 0 Å². The van der Waals surface area contributed by atoms with E-state index in [2.05, 4.69) is 4.74 Å². The number of ether oxygens (including phenoxy) is 1. The molecule has 1 rings (SSSR count). The quantitative estimate of drug-likeness (QED) is 0.486. The van der Waals surface area contributed by atoms with E-state index in [1.54, 1.807) is 12.2 Å². The Morgan fingerprint density at radius 1 is 1.29 bits per heavy atom. The minimum absolute atomic E-state index is 0. The molecule has 4 nitrogen and oxygen atoms in total. The molecular formula is C12H14MgO4. The Bertz CT molecular complexity index is 396. The molecule has 5 heteroatoms. The van der Waals surface area contributed by atoms with Gasteiger partial charge in [-0.1, -0.05) is 36.4 Å². The summed E-state index contributed by atoms with van der Waals surface area (Å²) in [7, 11) is 0. The number of carboxylic acid groups (broad SMARTS) is 1. The van der Waals surface area contributed by atoms with Crippen molar-refractivity contribution in [3.05, 3.63) is 42.0 Å². The van der Waals surface area contributed by atoms with Crippen molar-refractivity contribution in [2.24, 2.45) is 0 Å². The molecule has 0 spiro atoms. The van der Waals surface area contributed by atoms with Gasteiger partial charge in [0.25, 0.3) is 0 Å². The minimum Gasteiger partial charge on any atom is -1.00 e. The number of carboxylic acids is 1. The Hall–Kier alpha value is -1.33. The molecule has 0 aliphatic carbocycles. The van der Waals surface area contributed by atoms with Crippen LogP contribution in [0.25, 0.3) is 6.08 Å². The topological polar surface area (TPSA) is 63.6 Å². The fraction of sp³-hybridized carbons (Fsp3) is 0.167. The van der Waals surface area contributed by atoms with E-state index in [1.807, 2.05) is 30.3 Å². The third kappa shape index (κ3) is 7.54. The normalized spacial score (nSPS) is 9.65. The zero-order valence-electron chi connectivity index (χ0n) is 11.3. The van der Waals surface area contributed by atoms with Gasteiger partial charge in [0.2, 0.25) is 0 Å². The first kappa shape index (κ1) is 15.7. The molecule has 0 heterocycles. The SMILES string of the molecule is O=C(O)CC(=O)OCC=Cc1ccccc1.[H-].[H-].[Mg+2]. The third-order valence-electron chi connectivity index (χ3n) is 1.75. The number of hydrogen-bond acceptors (Lipinski definition) is 3. The number of carbonyl (C=O) groups excluding carboxylic acids is 1. The predicted molar refractivity (Wildman–Crippen MR) is 66.7 cm³/mol. The minimum atomic E-state index is -1.18. The summed E-state index contributed by atoms with van der Waals surface area (Å²) in [5.41, 5.74) is 0.997. The van der Waals surface area contributed by atoms with Gasteiger partial charge in [0, 0.05) is 0 Å². The van der Waals surface area contributed by atoms with Crippen molar-refractivity contribution in [1.82, 2.24) is 0 Å². The van der Waals surface area contributed by atoms with E-state index in [4.69, 9.17) is 5.11 Å². The van der Waals surface area contributed by atoms with Crippen LogP contribution in [0.3, 0.4) is 0 Å². The van der Waals surface area contributed by atoms with Crippen LogP contribution in [-0.4, -0.2) is 46.7 Å². The van der Waals surface area contributed by atoms with Crippen LogP contribution in [0.15, 0.2) is 36.4 Å². The number of esters is 1. The van der Waals surface area contributed by atoms with Gasteiger partial charge in [0.15, 0.2) is 0 Å². The zero-order chi connectivity index (χ0) is 11.8. The van der Waals surface area contributed by atoms with E-state index < -0.39 is 18.4 Å². The van der Waals surface area contributed by atoms with E-state index in [9.17, 15) is 9.59 Å². The largest absolute Gasteiger partial charge is 2.00 e. The van der Waals surface area contributed by atoms with Crippen molar-refractivity contribution in [2.75, 3.05) is 6.61 Å². The average Bonchev–Trinajstić information content (AvgIpc) is 2.25. The first-order valence-electron chi connectivity index (χ1n) is 4.77. The Kier molecular flexibility index (Phi) is 8.09. The number of hydrogen-bond donors (Lipinski definition) is 1. The second-order valence-corrected chi connectivity index (χ2v) is 3.07. The summed E-state index contributed by atoms with van der Waals surface area (Å²) in [6, 6.07) is 9.53. The van der Waals surface area contributed by atoms with Crippen LogP contribution >= 0.6 is 0 Å². The van der Waals surface area contributed by atoms with Crippen LogP contribution in [0.2, 0.25) is 0 Å². The van der Waals surface area contributed by atoms with Crippen LogP contribution in [0, 0.1) is 0 Å². The maximum atomic E-state index is 10.8. The maximum Gasteiger partial charge on any atom is 2.00 e. The van der Waals surface area contributed by atoms with Crippen molar-refractivity contribution in [3.63, 3.8) is 0 Å². The van der Waals surface area contributed by atoms with Gasteiger partial charge in [-0.3, -0.25) is 9.59 Å². The number of aliphatic carboxylic acids is 1. The molecule has 1 aromatic rings. The molecule has 0 saturated carbocycles. The molecule has 0 saturated heterocycles. The van der Waals surface area contributed by atoms with Gasteiger partial charge in [0.1, 0.15) is 13.0 Å². The van der Waals surface area contributed by atoms with Crippen molar-refractivity contribution in [1.29, 1.82) is 0 Å². The van der Waals surface area contributed by atoms with Gasteiger partial charge >= 0.3 is 35.0 Å². The van der Waals surface area contributed by atoms with E-state index in [0.717, 1.165) is 5.56 Å². The second kappa shape index (κ2) is 8.78. The number of rotatable bonds is 5. The summed E-state index contributed by atoms with van der Waals surface area (Å²) in [6.45, 7) is 0.0843. The number of benzene rings is 1. The van der Waals surface area contributed by atoms with Gasteiger partial charge in [-0.05, 0) is 11.6 Å². The summed E-state index contributed by atoms with van der Waals surface area (Å²) in [4.78, 5) is 21.0. The maximum absolute atomic E-state index is 10.8. The van der Waals surface area contributed by atoms with Crippen LogP contribution in [-0.2, 0) is 14.3 Å². The molecule has 1 aromatic carbocycles. The smallest absolute Gasteiger partial charge is 1.00 e. The van der Waals surface area contributed by atoms with Crippen molar-refractivity contribution in [2.45, 2.75) is 6.42 Å². The molecule has 0 aliphatic rings. The van der Waals surface area contributed by atoms with Crippen LogP contribution in [0.5, 0.6) is 0 Å². The van der Waals surface area contributed by atoms with Crippen molar-refractivity contribution in [3.8, 4) is 0 Å². The standard InChI is InChI=1S/C12H12O4.Mg.2H/c13-11(14)9-12(15)16-8-4-7-10-5-2-1-3-6-10;;;/h1-7H,8-9H2,(H,13,14);;;/q;+2;2*-1. The Labute approximate surface area is 118 Å². The predicted octanol–water partition coefficient (Wildman–Crippen LogP) is 1.56. The van der Waals surface area contributed by atoms with Gasteiger partial charge in [-0.15, -0.1) is 0 Å². The van der Waals surface area contributed by atoms with E-state index in [-0.39, 0.29) is 32.5 Å². The average molecular weight is 247 g/mol. The van der Waals surface area contributed by atoms with Gasteiger partial charge in [-0.2, -0.15) is 0 Å². The zero-order valence-corrected chi connectivity index (χ0v) is 10.7. The Morgan fingerprint density at radius 2 is 1.94 bits per heavy atom.